The Labute approximate surface area is 134 Å². The van der Waals surface area contributed by atoms with E-state index in [0.29, 0.717) is 18.3 Å². The van der Waals surface area contributed by atoms with Crippen LogP contribution in [0.5, 0.6) is 5.75 Å². The largest absolute Gasteiger partial charge is 0.497 e. The van der Waals surface area contributed by atoms with Crippen LogP contribution in [0.1, 0.15) is 5.82 Å². The number of ether oxygens (including phenoxy) is 1. The molecule has 7 nitrogen and oxygen atoms in total. The van der Waals surface area contributed by atoms with Crippen molar-refractivity contribution in [2.45, 2.75) is 6.54 Å². The second-order valence-corrected chi connectivity index (χ2v) is 3.89. The van der Waals surface area contributed by atoms with Crippen LogP contribution in [-0.4, -0.2) is 27.8 Å². The van der Waals surface area contributed by atoms with Crippen molar-refractivity contribution in [1.29, 1.82) is 0 Å². The van der Waals surface area contributed by atoms with Crippen LogP contribution >= 0.6 is 24.0 Å². The molecule has 3 N–H and O–H groups in total. The zero-order valence-electron chi connectivity index (χ0n) is 11.3. The van der Waals surface area contributed by atoms with E-state index in [4.69, 9.17) is 10.5 Å². The van der Waals surface area contributed by atoms with E-state index in [-0.39, 0.29) is 24.0 Å². The summed E-state index contributed by atoms with van der Waals surface area (Å²) in [6.07, 6.45) is 1.62. The first-order valence-corrected chi connectivity index (χ1v) is 5.73. The molecule has 0 fully saturated rings. The Morgan fingerprint density at radius 3 is 2.65 bits per heavy atom. The van der Waals surface area contributed by atoms with Crippen molar-refractivity contribution in [3.63, 3.8) is 0 Å². The van der Waals surface area contributed by atoms with Crippen LogP contribution in [0.15, 0.2) is 35.6 Å². The molecule has 0 saturated heterocycles. The highest BCUT2D eigenvalue weighted by atomic mass is 127. The van der Waals surface area contributed by atoms with Gasteiger partial charge >= 0.3 is 0 Å². The van der Waals surface area contributed by atoms with Gasteiger partial charge in [0.15, 0.2) is 11.8 Å². The Kier molecular flexibility index (Phi) is 6.22. The lowest BCUT2D eigenvalue weighted by atomic mass is 10.3. The fourth-order valence-corrected chi connectivity index (χ4v) is 1.47. The van der Waals surface area contributed by atoms with Crippen molar-refractivity contribution >= 4 is 35.6 Å². The smallest absolute Gasteiger partial charge is 0.193 e. The lowest BCUT2D eigenvalue weighted by Gasteiger charge is -2.06. The molecule has 1 aromatic heterocycles. The van der Waals surface area contributed by atoms with Gasteiger partial charge in [-0.15, -0.1) is 24.0 Å². The minimum absolute atomic E-state index is 0. The van der Waals surface area contributed by atoms with Gasteiger partial charge in [0.05, 0.1) is 7.11 Å². The summed E-state index contributed by atoms with van der Waals surface area (Å²) < 4.78 is 6.70. The van der Waals surface area contributed by atoms with Crippen molar-refractivity contribution in [3.8, 4) is 5.75 Å². The molecule has 0 amide bonds. The van der Waals surface area contributed by atoms with E-state index in [1.807, 2.05) is 24.3 Å². The molecule has 1 aromatic carbocycles. The summed E-state index contributed by atoms with van der Waals surface area (Å²) in [5.41, 5.74) is 6.62. The van der Waals surface area contributed by atoms with Gasteiger partial charge in [-0.3, -0.25) is 4.68 Å². The van der Waals surface area contributed by atoms with Crippen molar-refractivity contribution in [2.24, 2.45) is 17.8 Å². The Hall–Kier alpha value is -1.84. The molecule has 2 aromatic rings. The van der Waals surface area contributed by atoms with Gasteiger partial charge in [-0.25, -0.2) is 9.98 Å². The molecule has 0 atom stereocenters. The summed E-state index contributed by atoms with van der Waals surface area (Å²) in [5.74, 6) is 1.73. The highest BCUT2D eigenvalue weighted by Gasteiger charge is 1.99. The monoisotopic (exact) mass is 388 g/mol. The number of methoxy groups -OCH3 is 1. The van der Waals surface area contributed by atoms with E-state index in [1.165, 1.54) is 0 Å². The molecule has 0 bridgehead atoms. The topological polar surface area (TPSA) is 90.4 Å². The second-order valence-electron chi connectivity index (χ2n) is 3.89. The van der Waals surface area contributed by atoms with E-state index in [1.54, 1.807) is 25.2 Å². The van der Waals surface area contributed by atoms with Gasteiger partial charge in [0.25, 0.3) is 0 Å². The van der Waals surface area contributed by atoms with E-state index < -0.39 is 0 Å². The lowest BCUT2D eigenvalue weighted by molar-refractivity contribution is 0.415. The molecule has 2 rings (SSSR count). The average molecular weight is 388 g/mol. The van der Waals surface area contributed by atoms with Gasteiger partial charge in [-0.2, -0.15) is 5.10 Å². The van der Waals surface area contributed by atoms with E-state index in [2.05, 4.69) is 20.4 Å². The summed E-state index contributed by atoms with van der Waals surface area (Å²) in [5, 5.41) is 7.09. The molecular formula is C12H17IN6O. The number of nitrogens with two attached hydrogens (primary N) is 1. The number of halogens is 1. The number of aromatic nitrogens is 3. The number of nitrogens with zero attached hydrogens (tertiary/aromatic N) is 4. The highest BCUT2D eigenvalue weighted by molar-refractivity contribution is 14.0. The van der Waals surface area contributed by atoms with Gasteiger partial charge in [-0.1, -0.05) is 0 Å². The summed E-state index contributed by atoms with van der Waals surface area (Å²) in [6.45, 7) is 0.343. The Morgan fingerprint density at radius 1 is 1.40 bits per heavy atom. The third kappa shape index (κ3) is 4.68. The quantitative estimate of drug-likeness (QED) is 0.469. The first kappa shape index (κ1) is 16.2. The molecule has 8 heteroatoms. The summed E-state index contributed by atoms with van der Waals surface area (Å²) in [4.78, 5) is 8.22. The zero-order valence-corrected chi connectivity index (χ0v) is 13.6. The predicted octanol–water partition coefficient (Wildman–Crippen LogP) is 1.37. The van der Waals surface area contributed by atoms with Crippen LogP contribution in [-0.2, 0) is 13.6 Å². The number of rotatable bonds is 4. The molecule has 0 radical (unpaired) electrons. The van der Waals surface area contributed by atoms with E-state index >= 15 is 0 Å². The molecular weight excluding hydrogens is 371 g/mol. The number of aryl methyl sites for hydroxylation is 1. The molecule has 20 heavy (non-hydrogen) atoms. The van der Waals surface area contributed by atoms with Crippen LogP contribution in [0.2, 0.25) is 0 Å². The Bertz CT molecular complexity index is 566. The highest BCUT2D eigenvalue weighted by Crippen LogP contribution is 2.14. The number of anilines is 1. The van der Waals surface area contributed by atoms with Crippen LogP contribution in [0.3, 0.4) is 0 Å². The van der Waals surface area contributed by atoms with E-state index in [9.17, 15) is 0 Å². The summed E-state index contributed by atoms with van der Waals surface area (Å²) >= 11 is 0. The predicted molar refractivity (Wildman–Crippen MR) is 88.4 cm³/mol. The zero-order chi connectivity index (χ0) is 13.7. The normalized spacial score (nSPS) is 10.8. The lowest BCUT2D eigenvalue weighted by Crippen LogP contribution is -2.22. The number of aliphatic imine (C=N–C) groups is 1. The summed E-state index contributed by atoms with van der Waals surface area (Å²) in [7, 11) is 3.43. The average Bonchev–Trinajstić information content (AvgIpc) is 2.83. The maximum atomic E-state index is 5.78. The van der Waals surface area contributed by atoms with Gasteiger partial charge in [0.2, 0.25) is 0 Å². The maximum absolute atomic E-state index is 5.78. The fraction of sp³-hybridized carbons (Fsp3) is 0.250. The third-order valence-electron chi connectivity index (χ3n) is 2.40. The van der Waals surface area contributed by atoms with Gasteiger partial charge in [-0.05, 0) is 24.3 Å². The molecule has 0 spiro atoms. The van der Waals surface area contributed by atoms with Crippen molar-refractivity contribution in [1.82, 2.24) is 14.8 Å². The van der Waals surface area contributed by atoms with Gasteiger partial charge in [0.1, 0.15) is 18.6 Å². The maximum Gasteiger partial charge on any atom is 0.193 e. The van der Waals surface area contributed by atoms with Crippen LogP contribution < -0.4 is 15.8 Å². The minimum Gasteiger partial charge on any atom is -0.497 e. The van der Waals surface area contributed by atoms with Crippen LogP contribution in [0.25, 0.3) is 0 Å². The van der Waals surface area contributed by atoms with Crippen molar-refractivity contribution in [3.05, 3.63) is 36.4 Å². The van der Waals surface area contributed by atoms with Crippen LogP contribution in [0.4, 0.5) is 5.69 Å². The minimum atomic E-state index is 0. The Morgan fingerprint density at radius 2 is 2.10 bits per heavy atom. The number of hydrogen-bond donors (Lipinski definition) is 2. The van der Waals surface area contributed by atoms with E-state index in [0.717, 1.165) is 11.4 Å². The van der Waals surface area contributed by atoms with Gasteiger partial charge in [0, 0.05) is 12.7 Å². The molecule has 0 unspecified atom stereocenters. The number of hydrogen-bond acceptors (Lipinski definition) is 4. The third-order valence-corrected chi connectivity index (χ3v) is 2.40. The van der Waals surface area contributed by atoms with Crippen LogP contribution in [0, 0.1) is 0 Å². The molecule has 1 heterocycles. The van der Waals surface area contributed by atoms with Crippen molar-refractivity contribution < 1.29 is 4.74 Å². The number of benzene rings is 1. The SMILES string of the molecule is COc1ccc(NC(N)=NCc2ncn(C)n2)cc1.I. The fourth-order valence-electron chi connectivity index (χ4n) is 1.47. The molecule has 0 aliphatic carbocycles. The standard InChI is InChI=1S/C12H16N6O.HI/c1-18-8-15-11(17-18)7-14-12(13)16-9-3-5-10(19-2)6-4-9;/h3-6,8H,7H2,1-2H3,(H3,13,14,16);1H. The first-order valence-electron chi connectivity index (χ1n) is 5.73. The number of guanidine groups is 1. The Balaban J connectivity index is 0.00000200. The first-order chi connectivity index (χ1) is 9.17. The van der Waals surface area contributed by atoms with Gasteiger partial charge < -0.3 is 15.8 Å². The molecule has 0 aliphatic rings. The molecule has 0 aliphatic heterocycles. The molecule has 108 valence electrons. The second kappa shape index (κ2) is 7.68. The molecule has 0 saturated carbocycles. The van der Waals surface area contributed by atoms with Crippen molar-refractivity contribution in [2.75, 3.05) is 12.4 Å². The summed E-state index contributed by atoms with van der Waals surface area (Å²) in [6, 6.07) is 7.41. The number of nitrogens with one attached hydrogen (secondary N) is 1.